The summed E-state index contributed by atoms with van der Waals surface area (Å²) in [6.45, 7) is 0. The largest absolute Gasteiger partial charge is 0.493 e. The molecular weight excluding hydrogens is 256 g/mol. The summed E-state index contributed by atoms with van der Waals surface area (Å²) < 4.78 is 15.7. The van der Waals surface area contributed by atoms with Crippen LogP contribution in [-0.2, 0) is 0 Å². The minimum atomic E-state index is 0.260. The average molecular weight is 267 g/mol. The van der Waals surface area contributed by atoms with Gasteiger partial charge in [0.15, 0.2) is 23.5 Å². The number of benzene rings is 1. The summed E-state index contributed by atoms with van der Waals surface area (Å²) in [5, 5.41) is 0.413. The van der Waals surface area contributed by atoms with Crippen molar-refractivity contribution in [3.05, 3.63) is 35.0 Å². The van der Waals surface area contributed by atoms with Crippen LogP contribution in [0.1, 0.15) is 10.6 Å². The van der Waals surface area contributed by atoms with Crippen LogP contribution in [0.3, 0.4) is 0 Å². The maximum Gasteiger partial charge on any atom is 0.185 e. The fourth-order valence-electron chi connectivity index (χ4n) is 1.63. The molecule has 0 unspecified atom stereocenters. The first kappa shape index (κ1) is 12.5. The van der Waals surface area contributed by atoms with Crippen molar-refractivity contribution < 1.29 is 18.7 Å². The van der Waals surface area contributed by atoms with Crippen molar-refractivity contribution in [2.75, 3.05) is 14.2 Å². The summed E-state index contributed by atoms with van der Waals surface area (Å²) in [7, 11) is 3.04. The molecule has 0 radical (unpaired) electrons. The van der Waals surface area contributed by atoms with Crippen molar-refractivity contribution in [1.29, 1.82) is 0 Å². The number of ether oxygens (including phenoxy) is 2. The zero-order valence-corrected chi connectivity index (χ0v) is 10.7. The van der Waals surface area contributed by atoms with Crippen molar-refractivity contribution in [3.63, 3.8) is 0 Å². The zero-order chi connectivity index (χ0) is 13.1. The Bertz CT molecular complexity index is 574. The summed E-state index contributed by atoms with van der Waals surface area (Å²) >= 11 is 6.09. The molecule has 0 atom stereocenters. The van der Waals surface area contributed by atoms with Crippen LogP contribution < -0.4 is 9.47 Å². The number of rotatable bonds is 4. The molecule has 2 rings (SSSR count). The van der Waals surface area contributed by atoms with Gasteiger partial charge in [-0.3, -0.25) is 4.79 Å². The smallest absolute Gasteiger partial charge is 0.185 e. The number of methoxy groups -OCH3 is 2. The molecule has 2 aromatic rings. The molecule has 18 heavy (non-hydrogen) atoms. The van der Waals surface area contributed by atoms with Gasteiger partial charge in [-0.15, -0.1) is 0 Å². The molecule has 0 saturated carbocycles. The van der Waals surface area contributed by atoms with E-state index in [1.807, 2.05) is 0 Å². The number of furan rings is 1. The van der Waals surface area contributed by atoms with E-state index in [1.165, 1.54) is 14.2 Å². The van der Waals surface area contributed by atoms with Gasteiger partial charge in [0.2, 0.25) is 0 Å². The average Bonchev–Trinajstić information content (AvgIpc) is 2.86. The molecule has 0 spiro atoms. The van der Waals surface area contributed by atoms with Gasteiger partial charge in [-0.25, -0.2) is 0 Å². The van der Waals surface area contributed by atoms with Crippen LogP contribution in [0.15, 0.2) is 28.7 Å². The molecule has 0 aliphatic rings. The first-order chi connectivity index (χ1) is 8.69. The monoisotopic (exact) mass is 266 g/mol. The van der Waals surface area contributed by atoms with Gasteiger partial charge in [0.1, 0.15) is 5.76 Å². The van der Waals surface area contributed by atoms with Gasteiger partial charge in [-0.05, 0) is 24.3 Å². The molecule has 94 valence electrons. The number of halogens is 1. The van der Waals surface area contributed by atoms with Gasteiger partial charge in [-0.2, -0.15) is 0 Å². The second-order valence-corrected chi connectivity index (χ2v) is 3.92. The fourth-order valence-corrected chi connectivity index (χ4v) is 1.92. The minimum Gasteiger partial charge on any atom is -0.493 e. The predicted molar refractivity (Wildman–Crippen MR) is 67.6 cm³/mol. The highest BCUT2D eigenvalue weighted by Gasteiger charge is 2.13. The van der Waals surface area contributed by atoms with E-state index >= 15 is 0 Å². The Morgan fingerprint density at radius 3 is 2.56 bits per heavy atom. The van der Waals surface area contributed by atoms with Crippen molar-refractivity contribution in [2.24, 2.45) is 0 Å². The lowest BCUT2D eigenvalue weighted by Crippen LogP contribution is -1.92. The van der Waals surface area contributed by atoms with Crippen LogP contribution in [0.4, 0.5) is 0 Å². The van der Waals surface area contributed by atoms with E-state index in [1.54, 1.807) is 24.3 Å². The van der Waals surface area contributed by atoms with E-state index in [0.29, 0.717) is 34.1 Å². The lowest BCUT2D eigenvalue weighted by Gasteiger charge is -2.10. The standard InChI is InChI=1S/C13H11ClO4/c1-16-12-6-8(5-10(14)13(12)17-2)11-4-3-9(7-15)18-11/h3-7H,1-2H3. The second kappa shape index (κ2) is 5.14. The molecule has 1 aromatic heterocycles. The molecule has 0 N–H and O–H groups in total. The molecule has 0 saturated heterocycles. The number of carbonyl (C=O) groups is 1. The molecule has 0 amide bonds. The van der Waals surface area contributed by atoms with E-state index in [-0.39, 0.29) is 5.76 Å². The first-order valence-corrected chi connectivity index (χ1v) is 5.54. The van der Waals surface area contributed by atoms with E-state index in [9.17, 15) is 4.79 Å². The maximum atomic E-state index is 10.6. The van der Waals surface area contributed by atoms with Gasteiger partial charge in [0, 0.05) is 5.56 Å². The highest BCUT2D eigenvalue weighted by Crippen LogP contribution is 2.39. The van der Waals surface area contributed by atoms with Crippen LogP contribution in [0, 0.1) is 0 Å². The Morgan fingerprint density at radius 1 is 1.22 bits per heavy atom. The van der Waals surface area contributed by atoms with Gasteiger partial charge in [0.25, 0.3) is 0 Å². The van der Waals surface area contributed by atoms with Crippen LogP contribution in [-0.4, -0.2) is 20.5 Å². The van der Waals surface area contributed by atoms with Gasteiger partial charge < -0.3 is 13.9 Å². The van der Waals surface area contributed by atoms with Crippen LogP contribution in [0.2, 0.25) is 5.02 Å². The summed E-state index contributed by atoms with van der Waals surface area (Å²) in [6, 6.07) is 6.71. The minimum absolute atomic E-state index is 0.260. The third-order valence-corrected chi connectivity index (χ3v) is 2.74. The summed E-state index contributed by atoms with van der Waals surface area (Å²) in [6.07, 6.45) is 0.645. The van der Waals surface area contributed by atoms with Crippen molar-refractivity contribution >= 4 is 17.9 Å². The van der Waals surface area contributed by atoms with Crippen LogP contribution in [0.25, 0.3) is 11.3 Å². The molecule has 0 bridgehead atoms. The Balaban J connectivity index is 2.51. The van der Waals surface area contributed by atoms with E-state index < -0.39 is 0 Å². The van der Waals surface area contributed by atoms with Gasteiger partial charge >= 0.3 is 0 Å². The third kappa shape index (κ3) is 2.19. The molecule has 0 aliphatic carbocycles. The Labute approximate surface area is 109 Å². The van der Waals surface area contributed by atoms with Crippen molar-refractivity contribution in [2.45, 2.75) is 0 Å². The van der Waals surface area contributed by atoms with Gasteiger partial charge in [-0.1, -0.05) is 11.6 Å². The number of aldehydes is 1. The highest BCUT2D eigenvalue weighted by molar-refractivity contribution is 6.32. The zero-order valence-electron chi connectivity index (χ0n) is 9.90. The summed E-state index contributed by atoms with van der Waals surface area (Å²) in [4.78, 5) is 10.6. The Kier molecular flexibility index (Phi) is 3.58. The summed E-state index contributed by atoms with van der Waals surface area (Å²) in [5.41, 5.74) is 0.714. The van der Waals surface area contributed by atoms with E-state index in [0.717, 1.165) is 0 Å². The lowest BCUT2D eigenvalue weighted by molar-refractivity contribution is 0.110. The molecule has 0 fully saturated rings. The molecule has 5 heteroatoms. The number of hydrogen-bond donors (Lipinski definition) is 0. The van der Waals surface area contributed by atoms with Gasteiger partial charge in [0.05, 0.1) is 19.2 Å². The van der Waals surface area contributed by atoms with E-state index in [2.05, 4.69) is 0 Å². The number of carbonyl (C=O) groups excluding carboxylic acids is 1. The number of hydrogen-bond acceptors (Lipinski definition) is 4. The molecular formula is C13H11ClO4. The Morgan fingerprint density at radius 2 is 2.00 bits per heavy atom. The highest BCUT2D eigenvalue weighted by atomic mass is 35.5. The van der Waals surface area contributed by atoms with Crippen molar-refractivity contribution in [1.82, 2.24) is 0 Å². The predicted octanol–water partition coefficient (Wildman–Crippen LogP) is 3.43. The fraction of sp³-hybridized carbons (Fsp3) is 0.154. The second-order valence-electron chi connectivity index (χ2n) is 3.51. The van der Waals surface area contributed by atoms with Crippen molar-refractivity contribution in [3.8, 4) is 22.8 Å². The quantitative estimate of drug-likeness (QED) is 0.796. The third-order valence-electron chi connectivity index (χ3n) is 2.46. The lowest BCUT2D eigenvalue weighted by atomic mass is 10.1. The van der Waals surface area contributed by atoms with E-state index in [4.69, 9.17) is 25.5 Å². The topological polar surface area (TPSA) is 48.7 Å². The van der Waals surface area contributed by atoms with Crippen LogP contribution >= 0.6 is 11.6 Å². The first-order valence-electron chi connectivity index (χ1n) is 5.16. The normalized spacial score (nSPS) is 10.2. The SMILES string of the molecule is COc1cc(-c2ccc(C=O)o2)cc(Cl)c1OC. The molecule has 1 heterocycles. The summed E-state index contributed by atoms with van der Waals surface area (Å²) in [5.74, 6) is 1.77. The maximum absolute atomic E-state index is 10.6. The molecule has 4 nitrogen and oxygen atoms in total. The van der Waals surface area contributed by atoms with Crippen LogP contribution in [0.5, 0.6) is 11.5 Å². The molecule has 0 aliphatic heterocycles. The molecule has 1 aromatic carbocycles. The Hall–Kier alpha value is -1.94.